The summed E-state index contributed by atoms with van der Waals surface area (Å²) in [7, 11) is 0. The minimum absolute atomic E-state index is 0.139. The SMILES string of the molecule is CCCCOC(=O)[C@](C)(CC(C)C)C(=O)O. The molecule has 1 N–H and O–H groups in total. The quantitative estimate of drug-likeness (QED) is 0.414. The Balaban J connectivity index is 4.51. The Hall–Kier alpha value is -1.06. The third-order valence-corrected chi connectivity index (χ3v) is 2.47. The van der Waals surface area contributed by atoms with Crippen molar-refractivity contribution in [1.29, 1.82) is 0 Å². The lowest BCUT2D eigenvalue weighted by atomic mass is 9.82. The van der Waals surface area contributed by atoms with Crippen molar-refractivity contribution in [3.63, 3.8) is 0 Å². The molecule has 0 radical (unpaired) electrons. The van der Waals surface area contributed by atoms with E-state index in [-0.39, 0.29) is 5.92 Å². The molecule has 0 heterocycles. The molecule has 0 aromatic rings. The molecule has 0 aromatic carbocycles. The normalized spacial score (nSPS) is 14.6. The predicted octanol–water partition coefficient (Wildman–Crippen LogP) is 2.47. The first-order valence-electron chi connectivity index (χ1n) is 5.75. The van der Waals surface area contributed by atoms with Gasteiger partial charge in [-0.1, -0.05) is 27.2 Å². The van der Waals surface area contributed by atoms with E-state index in [0.29, 0.717) is 13.0 Å². The maximum absolute atomic E-state index is 11.7. The van der Waals surface area contributed by atoms with Crippen LogP contribution in [0.5, 0.6) is 0 Å². The molecule has 0 spiro atoms. The van der Waals surface area contributed by atoms with E-state index in [1.54, 1.807) is 0 Å². The smallest absolute Gasteiger partial charge is 0.323 e. The maximum atomic E-state index is 11.7. The van der Waals surface area contributed by atoms with Crippen LogP contribution in [0.15, 0.2) is 0 Å². The molecule has 0 fully saturated rings. The van der Waals surface area contributed by atoms with Crippen molar-refractivity contribution < 1.29 is 19.4 Å². The van der Waals surface area contributed by atoms with Crippen LogP contribution in [-0.4, -0.2) is 23.7 Å². The fraction of sp³-hybridized carbons (Fsp3) is 0.833. The van der Waals surface area contributed by atoms with Gasteiger partial charge in [-0.05, 0) is 25.7 Å². The third kappa shape index (κ3) is 4.21. The summed E-state index contributed by atoms with van der Waals surface area (Å²) >= 11 is 0. The molecule has 4 nitrogen and oxygen atoms in total. The average Bonchev–Trinajstić information content (AvgIpc) is 2.16. The van der Waals surface area contributed by atoms with E-state index >= 15 is 0 Å². The molecule has 0 aliphatic carbocycles. The number of ether oxygens (including phenoxy) is 1. The summed E-state index contributed by atoms with van der Waals surface area (Å²) in [6.07, 6.45) is 1.98. The Labute approximate surface area is 97.0 Å². The molecular formula is C12H22O4. The molecule has 0 aromatic heterocycles. The zero-order chi connectivity index (χ0) is 12.8. The number of rotatable bonds is 7. The van der Waals surface area contributed by atoms with Crippen molar-refractivity contribution >= 4 is 11.9 Å². The Bertz CT molecular complexity index is 247. The van der Waals surface area contributed by atoms with Crippen LogP contribution in [-0.2, 0) is 14.3 Å². The van der Waals surface area contributed by atoms with Gasteiger partial charge in [-0.3, -0.25) is 9.59 Å². The Morgan fingerprint density at radius 3 is 2.31 bits per heavy atom. The van der Waals surface area contributed by atoms with Crippen molar-refractivity contribution in [2.24, 2.45) is 11.3 Å². The van der Waals surface area contributed by atoms with E-state index < -0.39 is 17.4 Å². The van der Waals surface area contributed by atoms with Gasteiger partial charge in [-0.15, -0.1) is 0 Å². The zero-order valence-electron chi connectivity index (χ0n) is 10.6. The number of carbonyl (C=O) groups excluding carboxylic acids is 1. The van der Waals surface area contributed by atoms with Gasteiger partial charge in [-0.25, -0.2) is 0 Å². The van der Waals surface area contributed by atoms with Crippen LogP contribution in [0, 0.1) is 11.3 Å². The van der Waals surface area contributed by atoms with Crippen LogP contribution in [0.4, 0.5) is 0 Å². The van der Waals surface area contributed by atoms with Crippen molar-refractivity contribution in [1.82, 2.24) is 0 Å². The molecule has 94 valence electrons. The van der Waals surface area contributed by atoms with Crippen LogP contribution >= 0.6 is 0 Å². The summed E-state index contributed by atoms with van der Waals surface area (Å²) in [5.74, 6) is -1.59. The second-order valence-corrected chi connectivity index (χ2v) is 4.72. The van der Waals surface area contributed by atoms with Crippen LogP contribution < -0.4 is 0 Å². The standard InChI is InChI=1S/C12H22O4/c1-5-6-7-16-11(15)12(4,10(13)14)8-9(2)3/h9H,5-8H2,1-4H3,(H,13,14)/t12-/m1/s1. The summed E-state index contributed by atoms with van der Waals surface area (Å²) in [5.41, 5.74) is -1.41. The van der Waals surface area contributed by atoms with E-state index in [1.807, 2.05) is 20.8 Å². The minimum atomic E-state index is -1.41. The monoisotopic (exact) mass is 230 g/mol. The predicted molar refractivity (Wildman–Crippen MR) is 61.1 cm³/mol. The number of unbranched alkanes of at least 4 members (excludes halogenated alkanes) is 1. The maximum Gasteiger partial charge on any atom is 0.323 e. The van der Waals surface area contributed by atoms with Crippen LogP contribution in [0.25, 0.3) is 0 Å². The number of hydrogen-bond donors (Lipinski definition) is 1. The largest absolute Gasteiger partial charge is 0.480 e. The topological polar surface area (TPSA) is 63.6 Å². The van der Waals surface area contributed by atoms with Crippen molar-refractivity contribution in [3.05, 3.63) is 0 Å². The second-order valence-electron chi connectivity index (χ2n) is 4.72. The summed E-state index contributed by atoms with van der Waals surface area (Å²) in [5, 5.41) is 9.11. The number of aliphatic carboxylic acids is 1. The highest BCUT2D eigenvalue weighted by Gasteiger charge is 2.43. The second kappa shape index (κ2) is 6.51. The Morgan fingerprint density at radius 2 is 1.94 bits per heavy atom. The first-order chi connectivity index (χ1) is 7.34. The number of carboxylic acids is 1. The molecule has 0 aliphatic heterocycles. The average molecular weight is 230 g/mol. The van der Waals surface area contributed by atoms with Gasteiger partial charge < -0.3 is 9.84 Å². The first-order valence-corrected chi connectivity index (χ1v) is 5.75. The van der Waals surface area contributed by atoms with Gasteiger partial charge in [0.25, 0.3) is 0 Å². The molecule has 0 unspecified atom stereocenters. The van der Waals surface area contributed by atoms with E-state index in [9.17, 15) is 9.59 Å². The van der Waals surface area contributed by atoms with Gasteiger partial charge in [0, 0.05) is 0 Å². The third-order valence-electron chi connectivity index (χ3n) is 2.47. The fourth-order valence-corrected chi connectivity index (χ4v) is 1.54. The van der Waals surface area contributed by atoms with E-state index in [1.165, 1.54) is 6.92 Å². The van der Waals surface area contributed by atoms with E-state index in [0.717, 1.165) is 12.8 Å². The lowest BCUT2D eigenvalue weighted by Crippen LogP contribution is -2.39. The summed E-state index contributed by atoms with van der Waals surface area (Å²) in [4.78, 5) is 22.8. The molecular weight excluding hydrogens is 208 g/mol. The van der Waals surface area contributed by atoms with Gasteiger partial charge in [0.05, 0.1) is 6.61 Å². The molecule has 16 heavy (non-hydrogen) atoms. The Kier molecular flexibility index (Phi) is 6.08. The molecule has 0 bridgehead atoms. The van der Waals surface area contributed by atoms with Gasteiger partial charge in [0.15, 0.2) is 5.41 Å². The van der Waals surface area contributed by atoms with Gasteiger partial charge in [0.1, 0.15) is 0 Å². The molecule has 1 atom stereocenters. The zero-order valence-corrected chi connectivity index (χ0v) is 10.6. The highest BCUT2D eigenvalue weighted by Crippen LogP contribution is 2.28. The summed E-state index contributed by atoms with van der Waals surface area (Å²) in [6, 6.07) is 0. The van der Waals surface area contributed by atoms with Crippen LogP contribution in [0.3, 0.4) is 0 Å². The Morgan fingerprint density at radius 1 is 1.38 bits per heavy atom. The van der Waals surface area contributed by atoms with Crippen LogP contribution in [0.2, 0.25) is 0 Å². The summed E-state index contributed by atoms with van der Waals surface area (Å²) < 4.78 is 4.99. The molecule has 0 amide bonds. The van der Waals surface area contributed by atoms with Gasteiger partial charge in [0.2, 0.25) is 0 Å². The number of carboxylic acid groups (broad SMARTS) is 1. The van der Waals surface area contributed by atoms with E-state index in [2.05, 4.69) is 0 Å². The fourth-order valence-electron chi connectivity index (χ4n) is 1.54. The molecule has 0 aliphatic rings. The minimum Gasteiger partial charge on any atom is -0.480 e. The number of carbonyl (C=O) groups is 2. The molecule has 0 rings (SSSR count). The number of esters is 1. The lowest BCUT2D eigenvalue weighted by molar-refractivity contribution is -0.168. The first kappa shape index (κ1) is 14.9. The highest BCUT2D eigenvalue weighted by molar-refractivity contribution is 5.98. The highest BCUT2D eigenvalue weighted by atomic mass is 16.5. The van der Waals surface area contributed by atoms with Crippen molar-refractivity contribution in [2.75, 3.05) is 6.61 Å². The van der Waals surface area contributed by atoms with Gasteiger partial charge >= 0.3 is 11.9 Å². The molecule has 4 heteroatoms. The lowest BCUT2D eigenvalue weighted by Gasteiger charge is -2.24. The summed E-state index contributed by atoms with van der Waals surface area (Å²) in [6.45, 7) is 7.50. The molecule has 0 saturated heterocycles. The van der Waals surface area contributed by atoms with Crippen molar-refractivity contribution in [2.45, 2.75) is 47.0 Å². The van der Waals surface area contributed by atoms with E-state index in [4.69, 9.17) is 9.84 Å². The van der Waals surface area contributed by atoms with Crippen molar-refractivity contribution in [3.8, 4) is 0 Å². The number of hydrogen-bond acceptors (Lipinski definition) is 3. The van der Waals surface area contributed by atoms with Crippen LogP contribution in [0.1, 0.15) is 47.0 Å². The van der Waals surface area contributed by atoms with Gasteiger partial charge in [-0.2, -0.15) is 0 Å². The molecule has 0 saturated carbocycles.